The fourth-order valence-electron chi connectivity index (χ4n) is 1.94. The van der Waals surface area contributed by atoms with Crippen LogP contribution in [-0.2, 0) is 9.47 Å². The topological polar surface area (TPSA) is 77.7 Å². The molecule has 1 amide bonds. The molecule has 2 N–H and O–H groups in total. The molecule has 1 aromatic rings. The molecular weight excluding hydrogens is 310 g/mol. The van der Waals surface area contributed by atoms with Gasteiger partial charge in [-0.2, -0.15) is 11.8 Å². The van der Waals surface area contributed by atoms with E-state index in [0.717, 1.165) is 17.2 Å². The van der Waals surface area contributed by atoms with E-state index >= 15 is 0 Å². The fourth-order valence-corrected chi connectivity index (χ4v) is 3.26. The first-order valence-corrected chi connectivity index (χ1v) is 9.07. The van der Waals surface area contributed by atoms with Gasteiger partial charge in [0.15, 0.2) is 6.29 Å². The lowest BCUT2D eigenvalue weighted by atomic mass is 10.2. The summed E-state index contributed by atoms with van der Waals surface area (Å²) < 4.78 is 10.7. The first-order valence-electron chi connectivity index (χ1n) is 6.80. The highest BCUT2D eigenvalue weighted by molar-refractivity contribution is 7.98. The number of thioether (sulfide) groups is 1. The van der Waals surface area contributed by atoms with E-state index in [1.54, 1.807) is 29.1 Å². The van der Waals surface area contributed by atoms with E-state index in [9.17, 15) is 4.79 Å². The van der Waals surface area contributed by atoms with Crippen LogP contribution in [0.5, 0.6) is 0 Å². The van der Waals surface area contributed by atoms with Gasteiger partial charge in [-0.15, -0.1) is 11.3 Å². The van der Waals surface area contributed by atoms with Crippen molar-refractivity contribution in [2.75, 3.05) is 38.8 Å². The number of nitrogens with zero attached hydrogens (tertiary/aromatic N) is 2. The molecule has 2 heterocycles. The third-order valence-corrected chi connectivity index (χ3v) is 4.77. The van der Waals surface area contributed by atoms with Crippen molar-refractivity contribution in [3.63, 3.8) is 0 Å². The van der Waals surface area contributed by atoms with Crippen LogP contribution >= 0.6 is 23.1 Å². The number of thiazole rings is 1. The van der Waals surface area contributed by atoms with E-state index in [4.69, 9.17) is 15.2 Å². The lowest BCUT2D eigenvalue weighted by Crippen LogP contribution is -2.35. The number of carbonyl (C=O) groups excluding carboxylic acids is 1. The number of rotatable bonds is 7. The molecule has 0 radical (unpaired) electrons. The van der Waals surface area contributed by atoms with Gasteiger partial charge in [0.1, 0.15) is 10.7 Å². The zero-order valence-corrected chi connectivity index (χ0v) is 13.9. The molecule has 0 bridgehead atoms. The fraction of sp³-hybridized carbons (Fsp3) is 0.692. The Kier molecular flexibility index (Phi) is 6.43. The average molecular weight is 331 g/mol. The van der Waals surface area contributed by atoms with Crippen LogP contribution in [0.15, 0.2) is 5.38 Å². The largest absolute Gasteiger partial charge is 0.348 e. The van der Waals surface area contributed by atoms with E-state index in [1.807, 2.05) is 6.26 Å². The SMILES string of the molecule is CSCCC(N)c1nc(C(=O)N(C)CC2OCCO2)cs1. The van der Waals surface area contributed by atoms with Crippen molar-refractivity contribution in [2.45, 2.75) is 18.8 Å². The first-order chi connectivity index (χ1) is 10.1. The highest BCUT2D eigenvalue weighted by Crippen LogP contribution is 2.21. The predicted molar refractivity (Wildman–Crippen MR) is 84.7 cm³/mol. The molecule has 8 heteroatoms. The van der Waals surface area contributed by atoms with Gasteiger partial charge < -0.3 is 20.1 Å². The van der Waals surface area contributed by atoms with E-state index in [-0.39, 0.29) is 18.2 Å². The van der Waals surface area contributed by atoms with Crippen molar-refractivity contribution in [1.29, 1.82) is 0 Å². The van der Waals surface area contributed by atoms with Crippen LogP contribution in [0.4, 0.5) is 0 Å². The maximum atomic E-state index is 12.3. The molecule has 1 saturated heterocycles. The maximum absolute atomic E-state index is 12.3. The van der Waals surface area contributed by atoms with Crippen LogP contribution in [0.1, 0.15) is 28.0 Å². The lowest BCUT2D eigenvalue weighted by molar-refractivity contribution is -0.0543. The highest BCUT2D eigenvalue weighted by Gasteiger charge is 2.23. The summed E-state index contributed by atoms with van der Waals surface area (Å²) in [6.07, 6.45) is 2.58. The number of aromatic nitrogens is 1. The predicted octanol–water partition coefficient (Wildman–Crippen LogP) is 1.34. The van der Waals surface area contributed by atoms with Crippen molar-refractivity contribution >= 4 is 29.0 Å². The quantitative estimate of drug-likeness (QED) is 0.812. The zero-order chi connectivity index (χ0) is 15.2. The number of amides is 1. The van der Waals surface area contributed by atoms with E-state index < -0.39 is 0 Å². The summed E-state index contributed by atoms with van der Waals surface area (Å²) in [6.45, 7) is 1.57. The van der Waals surface area contributed by atoms with Gasteiger partial charge in [-0.3, -0.25) is 4.79 Å². The van der Waals surface area contributed by atoms with Crippen LogP contribution in [0.3, 0.4) is 0 Å². The van der Waals surface area contributed by atoms with Crippen molar-refractivity contribution in [2.24, 2.45) is 5.73 Å². The Hall–Kier alpha value is -0.670. The number of hydrogen-bond acceptors (Lipinski definition) is 7. The molecule has 1 fully saturated rings. The monoisotopic (exact) mass is 331 g/mol. The molecule has 21 heavy (non-hydrogen) atoms. The van der Waals surface area contributed by atoms with E-state index in [1.165, 1.54) is 11.3 Å². The van der Waals surface area contributed by atoms with Crippen molar-refractivity contribution in [3.8, 4) is 0 Å². The summed E-state index contributed by atoms with van der Waals surface area (Å²) >= 11 is 3.20. The van der Waals surface area contributed by atoms with Crippen molar-refractivity contribution in [1.82, 2.24) is 9.88 Å². The Morgan fingerprint density at radius 1 is 1.62 bits per heavy atom. The molecule has 0 saturated carbocycles. The number of nitrogens with two attached hydrogens (primary N) is 1. The molecule has 1 aromatic heterocycles. The minimum atomic E-state index is -0.333. The third-order valence-electron chi connectivity index (χ3n) is 3.15. The molecule has 1 aliphatic heterocycles. The summed E-state index contributed by atoms with van der Waals surface area (Å²) in [7, 11) is 1.72. The molecule has 2 rings (SSSR count). The number of hydrogen-bond donors (Lipinski definition) is 1. The van der Waals surface area contributed by atoms with Gasteiger partial charge in [-0.1, -0.05) is 0 Å². The summed E-state index contributed by atoms with van der Waals surface area (Å²) in [6, 6.07) is -0.101. The van der Waals surface area contributed by atoms with Gasteiger partial charge in [0, 0.05) is 12.4 Å². The van der Waals surface area contributed by atoms with Crippen LogP contribution in [0, 0.1) is 0 Å². The normalized spacial score (nSPS) is 17.1. The van der Waals surface area contributed by atoms with Gasteiger partial charge in [0.25, 0.3) is 5.91 Å². The lowest BCUT2D eigenvalue weighted by Gasteiger charge is -2.19. The summed E-state index contributed by atoms with van der Waals surface area (Å²) in [4.78, 5) is 18.2. The Labute approximate surface area is 133 Å². The maximum Gasteiger partial charge on any atom is 0.273 e. The molecule has 118 valence electrons. The van der Waals surface area contributed by atoms with E-state index in [2.05, 4.69) is 4.98 Å². The molecule has 0 aliphatic carbocycles. The second-order valence-corrected chi connectivity index (χ2v) is 6.69. The summed E-state index contributed by atoms with van der Waals surface area (Å²) in [5.41, 5.74) is 6.51. The summed E-state index contributed by atoms with van der Waals surface area (Å²) in [5, 5.41) is 2.58. The van der Waals surface area contributed by atoms with Crippen LogP contribution < -0.4 is 5.73 Å². The number of carbonyl (C=O) groups is 1. The van der Waals surface area contributed by atoms with Gasteiger partial charge in [-0.25, -0.2) is 4.98 Å². The Bertz CT molecular complexity index is 463. The van der Waals surface area contributed by atoms with Crippen LogP contribution in [0.2, 0.25) is 0 Å². The molecule has 6 nitrogen and oxygen atoms in total. The Balaban J connectivity index is 1.91. The van der Waals surface area contributed by atoms with E-state index in [0.29, 0.717) is 25.5 Å². The standard InChI is InChI=1S/C13H21N3O3S2/c1-16(7-11-18-4-5-19-11)13(17)10-8-21-12(15-10)9(14)3-6-20-2/h8-9,11H,3-7,14H2,1-2H3. The minimum absolute atomic E-state index is 0.101. The van der Waals surface area contributed by atoms with Crippen LogP contribution in [-0.4, -0.2) is 60.9 Å². The van der Waals surface area contributed by atoms with Gasteiger partial charge >= 0.3 is 0 Å². The number of ether oxygens (including phenoxy) is 2. The number of likely N-dealkylation sites (N-methyl/N-ethyl adjacent to an activating group) is 1. The second kappa shape index (κ2) is 8.09. The van der Waals surface area contributed by atoms with Crippen molar-refractivity contribution in [3.05, 3.63) is 16.1 Å². The highest BCUT2D eigenvalue weighted by atomic mass is 32.2. The Morgan fingerprint density at radius 2 is 2.33 bits per heavy atom. The smallest absolute Gasteiger partial charge is 0.273 e. The van der Waals surface area contributed by atoms with Crippen molar-refractivity contribution < 1.29 is 14.3 Å². The minimum Gasteiger partial charge on any atom is -0.348 e. The van der Waals surface area contributed by atoms with Gasteiger partial charge in [0.05, 0.1) is 25.8 Å². The van der Waals surface area contributed by atoms with Crippen LogP contribution in [0.25, 0.3) is 0 Å². The Morgan fingerprint density at radius 3 is 3.00 bits per heavy atom. The molecular formula is C13H21N3O3S2. The first kappa shape index (κ1) is 16.7. The molecule has 0 aromatic carbocycles. The molecule has 1 atom stereocenters. The average Bonchev–Trinajstić information content (AvgIpc) is 3.14. The molecule has 1 aliphatic rings. The molecule has 1 unspecified atom stereocenters. The third kappa shape index (κ3) is 4.65. The summed E-state index contributed by atoms with van der Waals surface area (Å²) in [5.74, 6) is 0.856. The van der Waals surface area contributed by atoms with Gasteiger partial charge in [-0.05, 0) is 18.4 Å². The molecule has 0 spiro atoms. The second-order valence-electron chi connectivity index (χ2n) is 4.82. The van der Waals surface area contributed by atoms with Gasteiger partial charge in [0.2, 0.25) is 0 Å². The zero-order valence-electron chi connectivity index (χ0n) is 12.3.